The highest BCUT2D eigenvalue weighted by molar-refractivity contribution is 5.85. The van der Waals surface area contributed by atoms with Crippen LogP contribution in [0.1, 0.15) is 17.4 Å². The Kier molecular flexibility index (Phi) is 7.87. The number of hydrogen-bond donors (Lipinski definition) is 1. The third kappa shape index (κ3) is 4.90. The average molecular weight is 406 g/mol. The molecule has 2 heterocycles. The van der Waals surface area contributed by atoms with E-state index in [1.165, 1.54) is 5.56 Å². The third-order valence-electron chi connectivity index (χ3n) is 5.02. The van der Waals surface area contributed by atoms with Gasteiger partial charge in [-0.05, 0) is 18.0 Å². The lowest BCUT2D eigenvalue weighted by Crippen LogP contribution is -2.23. The minimum absolute atomic E-state index is 0. The molecule has 0 radical (unpaired) electrons. The molecule has 4 nitrogen and oxygen atoms in total. The van der Waals surface area contributed by atoms with Crippen LogP contribution in [0.4, 0.5) is 0 Å². The van der Waals surface area contributed by atoms with E-state index in [-0.39, 0.29) is 24.8 Å². The van der Waals surface area contributed by atoms with Gasteiger partial charge in [0, 0.05) is 24.6 Å². The first kappa shape index (κ1) is 21.5. The summed E-state index contributed by atoms with van der Waals surface area (Å²) in [6.07, 6.45) is 1.82. The van der Waals surface area contributed by atoms with E-state index in [4.69, 9.17) is 10.2 Å². The first-order valence-corrected chi connectivity index (χ1v) is 8.81. The summed E-state index contributed by atoms with van der Waals surface area (Å²) in [5.74, 6) is 2.55. The molecule has 3 aromatic rings. The molecule has 4 rings (SSSR count). The van der Waals surface area contributed by atoms with Crippen LogP contribution in [0.5, 0.6) is 0 Å². The third-order valence-corrected chi connectivity index (χ3v) is 5.02. The molecule has 0 unspecified atom stereocenters. The monoisotopic (exact) mass is 405 g/mol. The molecule has 0 spiro atoms. The number of nitrogens with two attached hydrogens (primary N) is 1. The smallest absolute Gasteiger partial charge is 0.209 e. The summed E-state index contributed by atoms with van der Waals surface area (Å²) in [7, 11) is 0. The highest BCUT2D eigenvalue weighted by Gasteiger charge is 2.33. The quantitative estimate of drug-likeness (QED) is 0.684. The van der Waals surface area contributed by atoms with Crippen molar-refractivity contribution in [2.75, 3.05) is 19.6 Å². The number of likely N-dealkylation sites (tertiary alicyclic amines) is 1. The van der Waals surface area contributed by atoms with E-state index >= 15 is 0 Å². The molecule has 0 amide bonds. The van der Waals surface area contributed by atoms with Gasteiger partial charge in [0.25, 0.3) is 0 Å². The van der Waals surface area contributed by atoms with Gasteiger partial charge in [0.2, 0.25) is 5.89 Å². The summed E-state index contributed by atoms with van der Waals surface area (Å²) >= 11 is 0. The fraction of sp³-hybridized carbons (Fsp3) is 0.286. The number of hydrogen-bond acceptors (Lipinski definition) is 4. The minimum atomic E-state index is 0. The van der Waals surface area contributed by atoms with Gasteiger partial charge < -0.3 is 10.2 Å². The number of nitrogens with zero attached hydrogens (tertiary/aromatic N) is 2. The molecule has 144 valence electrons. The molecule has 6 heteroatoms. The fourth-order valence-electron chi connectivity index (χ4n) is 3.72. The second-order valence-electron chi connectivity index (χ2n) is 6.69. The van der Waals surface area contributed by atoms with Crippen LogP contribution >= 0.6 is 24.8 Å². The van der Waals surface area contributed by atoms with Crippen LogP contribution in [0.15, 0.2) is 71.3 Å². The molecule has 2 aromatic carbocycles. The summed E-state index contributed by atoms with van der Waals surface area (Å²) in [6, 6.07) is 20.8. The van der Waals surface area contributed by atoms with Crippen molar-refractivity contribution in [1.82, 2.24) is 9.88 Å². The van der Waals surface area contributed by atoms with Gasteiger partial charge in [-0.15, -0.1) is 24.8 Å². The summed E-state index contributed by atoms with van der Waals surface area (Å²) in [4.78, 5) is 6.86. The molecule has 1 aliphatic rings. The summed E-state index contributed by atoms with van der Waals surface area (Å²) in [6.45, 7) is 3.41. The normalized spacial score (nSPS) is 19.3. The summed E-state index contributed by atoms with van der Waals surface area (Å²) in [5.41, 5.74) is 8.46. The van der Waals surface area contributed by atoms with Crippen LogP contribution in [-0.2, 0) is 6.54 Å². The Hall–Kier alpha value is -1.85. The Morgan fingerprint density at radius 1 is 0.963 bits per heavy atom. The molecule has 0 aliphatic carbocycles. The molecule has 0 bridgehead atoms. The maximum atomic E-state index is 6.03. The van der Waals surface area contributed by atoms with Gasteiger partial charge in [-0.25, -0.2) is 4.98 Å². The van der Waals surface area contributed by atoms with E-state index in [0.29, 0.717) is 18.4 Å². The number of oxazole rings is 1. The standard InChI is InChI=1S/C21H23N3O.2ClH/c22-11-18-13-24(14-19(18)16-7-3-1-4-8-16)15-21-23-12-20(25-21)17-9-5-2-6-10-17;;/h1-10,12,18-19H,11,13-15,22H2;2*1H/t18-,19+;;/m1../s1. The van der Waals surface area contributed by atoms with Gasteiger partial charge in [-0.1, -0.05) is 60.7 Å². The molecular formula is C21H25Cl2N3O. The molecule has 2 atom stereocenters. The van der Waals surface area contributed by atoms with Crippen molar-refractivity contribution in [1.29, 1.82) is 0 Å². The lowest BCUT2D eigenvalue weighted by atomic mass is 9.89. The maximum Gasteiger partial charge on any atom is 0.209 e. The minimum Gasteiger partial charge on any atom is -0.439 e. The number of benzene rings is 2. The van der Waals surface area contributed by atoms with Gasteiger partial charge in [0.1, 0.15) is 0 Å². The largest absolute Gasteiger partial charge is 0.439 e. The highest BCUT2D eigenvalue weighted by atomic mass is 35.5. The number of aromatic nitrogens is 1. The van der Waals surface area contributed by atoms with Crippen molar-refractivity contribution < 1.29 is 4.42 Å². The van der Waals surface area contributed by atoms with Crippen LogP contribution in [0.3, 0.4) is 0 Å². The number of rotatable bonds is 5. The topological polar surface area (TPSA) is 55.3 Å². The van der Waals surface area contributed by atoms with Gasteiger partial charge in [0.05, 0.1) is 12.7 Å². The van der Waals surface area contributed by atoms with Crippen molar-refractivity contribution in [2.45, 2.75) is 12.5 Å². The summed E-state index contributed by atoms with van der Waals surface area (Å²) < 4.78 is 5.96. The van der Waals surface area contributed by atoms with E-state index < -0.39 is 0 Å². The maximum absolute atomic E-state index is 6.03. The van der Waals surface area contributed by atoms with Gasteiger partial charge in [0.15, 0.2) is 5.76 Å². The van der Waals surface area contributed by atoms with Crippen LogP contribution in [0.2, 0.25) is 0 Å². The van der Waals surface area contributed by atoms with Crippen molar-refractivity contribution in [3.8, 4) is 11.3 Å². The van der Waals surface area contributed by atoms with E-state index in [1.54, 1.807) is 0 Å². The van der Waals surface area contributed by atoms with Crippen molar-refractivity contribution in [2.24, 2.45) is 11.7 Å². The van der Waals surface area contributed by atoms with Crippen LogP contribution in [0, 0.1) is 5.92 Å². The Balaban J connectivity index is 0.00000131. The van der Waals surface area contributed by atoms with Crippen LogP contribution in [0.25, 0.3) is 11.3 Å². The molecule has 1 aliphatic heterocycles. The molecule has 1 fully saturated rings. The van der Waals surface area contributed by atoms with E-state index in [2.05, 4.69) is 40.2 Å². The van der Waals surface area contributed by atoms with Crippen LogP contribution in [-0.4, -0.2) is 29.5 Å². The van der Waals surface area contributed by atoms with Gasteiger partial charge in [-0.3, -0.25) is 4.90 Å². The molecule has 1 aromatic heterocycles. The highest BCUT2D eigenvalue weighted by Crippen LogP contribution is 2.33. The molecule has 2 N–H and O–H groups in total. The SMILES string of the molecule is Cl.Cl.NC[C@@H]1CN(Cc2ncc(-c3ccccc3)o2)C[C@H]1c1ccccc1. The van der Waals surface area contributed by atoms with E-state index in [0.717, 1.165) is 36.8 Å². The van der Waals surface area contributed by atoms with Gasteiger partial charge in [-0.2, -0.15) is 0 Å². The van der Waals surface area contributed by atoms with E-state index in [9.17, 15) is 0 Å². The second kappa shape index (κ2) is 9.90. The average Bonchev–Trinajstić information content (AvgIpc) is 3.30. The first-order chi connectivity index (χ1) is 12.3. The zero-order chi connectivity index (χ0) is 17.1. The molecule has 0 saturated carbocycles. The Bertz CT molecular complexity index is 811. The zero-order valence-corrected chi connectivity index (χ0v) is 16.7. The lowest BCUT2D eigenvalue weighted by Gasteiger charge is -2.16. The molecule has 27 heavy (non-hydrogen) atoms. The number of halogens is 2. The second-order valence-corrected chi connectivity index (χ2v) is 6.69. The molecular weight excluding hydrogens is 381 g/mol. The lowest BCUT2D eigenvalue weighted by molar-refractivity contribution is 0.281. The summed E-state index contributed by atoms with van der Waals surface area (Å²) in [5, 5.41) is 0. The zero-order valence-electron chi connectivity index (χ0n) is 15.0. The predicted octanol–water partition coefficient (Wildman–Crippen LogP) is 4.36. The van der Waals surface area contributed by atoms with Gasteiger partial charge >= 0.3 is 0 Å². The predicted molar refractivity (Wildman–Crippen MR) is 113 cm³/mol. The van der Waals surface area contributed by atoms with Crippen molar-refractivity contribution >= 4 is 24.8 Å². The fourth-order valence-corrected chi connectivity index (χ4v) is 3.72. The Labute approximate surface area is 172 Å². The Morgan fingerprint density at radius 2 is 1.63 bits per heavy atom. The van der Waals surface area contributed by atoms with Crippen molar-refractivity contribution in [3.05, 3.63) is 78.3 Å². The Morgan fingerprint density at radius 3 is 2.30 bits per heavy atom. The first-order valence-electron chi connectivity index (χ1n) is 8.81. The molecule has 1 saturated heterocycles. The van der Waals surface area contributed by atoms with Crippen molar-refractivity contribution in [3.63, 3.8) is 0 Å². The van der Waals surface area contributed by atoms with E-state index in [1.807, 2.05) is 36.5 Å². The van der Waals surface area contributed by atoms with Crippen LogP contribution < -0.4 is 5.73 Å².